The van der Waals surface area contributed by atoms with Gasteiger partial charge in [0.25, 0.3) is 0 Å². The van der Waals surface area contributed by atoms with E-state index < -0.39 is 5.97 Å². The van der Waals surface area contributed by atoms with Gasteiger partial charge in [-0.25, -0.2) is 0 Å². The van der Waals surface area contributed by atoms with E-state index in [2.05, 4.69) is 41.9 Å². The molecule has 2 aromatic carbocycles. The van der Waals surface area contributed by atoms with Crippen molar-refractivity contribution in [1.29, 1.82) is 5.41 Å². The van der Waals surface area contributed by atoms with Crippen molar-refractivity contribution >= 4 is 28.9 Å². The molecular weight excluding hydrogens is 433 g/mol. The maximum absolute atomic E-state index is 14.0. The lowest BCUT2D eigenvalue weighted by Crippen LogP contribution is -2.15. The molecule has 1 aromatic heterocycles. The van der Waals surface area contributed by atoms with Gasteiger partial charge in [0.05, 0.1) is 5.56 Å². The fourth-order valence-corrected chi connectivity index (χ4v) is 4.18. The van der Waals surface area contributed by atoms with E-state index in [9.17, 15) is 4.39 Å². The van der Waals surface area contributed by atoms with Crippen molar-refractivity contribution in [2.75, 3.05) is 5.73 Å². The van der Waals surface area contributed by atoms with Gasteiger partial charge in [0.2, 0.25) is 5.97 Å². The normalized spacial score (nSPS) is 13.9. The number of benzene rings is 2. The second-order valence-electron chi connectivity index (χ2n) is 8.58. The Hall–Kier alpha value is -3.79. The number of hydrogen-bond donors (Lipinski definition) is 2. The quantitative estimate of drug-likeness (QED) is 0.208. The smallest absolute Gasteiger partial charge is 0.214 e. The van der Waals surface area contributed by atoms with Gasteiger partial charge in [-0.15, -0.1) is 0 Å². The Kier molecular flexibility index (Phi) is 8.91. The first-order valence-corrected chi connectivity index (χ1v) is 12.2. The molecule has 3 nitrogen and oxygen atoms in total. The first kappa shape index (κ1) is 25.8. The van der Waals surface area contributed by atoms with Gasteiger partial charge in [0.1, 0.15) is 0 Å². The number of nitrogens with one attached hydrogen (secondary N) is 1. The van der Waals surface area contributed by atoms with Crippen LogP contribution in [0, 0.1) is 11.3 Å². The van der Waals surface area contributed by atoms with E-state index in [0.717, 1.165) is 46.2 Å². The second kappa shape index (κ2) is 12.1. The summed E-state index contributed by atoms with van der Waals surface area (Å²) >= 11 is 0. The van der Waals surface area contributed by atoms with Crippen LogP contribution in [0.3, 0.4) is 0 Å². The number of nitrogens with two attached hydrogens (primary N) is 1. The van der Waals surface area contributed by atoms with E-state index in [1.807, 2.05) is 51.3 Å². The molecule has 0 bridgehead atoms. The molecule has 0 unspecified atom stereocenters. The molecule has 180 valence electrons. The molecule has 1 heterocycles. The molecule has 1 saturated carbocycles. The Balaban J connectivity index is 0.00000167. The Labute approximate surface area is 208 Å². The topological polar surface area (TPSA) is 62.8 Å². The number of halogens is 1. The van der Waals surface area contributed by atoms with E-state index in [4.69, 9.17) is 11.1 Å². The minimum atomic E-state index is -1.03. The molecule has 3 aromatic rings. The van der Waals surface area contributed by atoms with Crippen molar-refractivity contribution in [1.82, 2.24) is 4.98 Å². The first-order chi connectivity index (χ1) is 16.9. The monoisotopic (exact) mass is 467 g/mol. The third-order valence-electron chi connectivity index (χ3n) is 6.09. The standard InChI is InChI=1S/C29H28FN3.C2H6/c1-19(2)8-9-20-10-12-22(13-11-20)27(23-14-15-26(31)25(17-23)29(30)32)28(21-5-3-6-21)24-7-4-16-33-18-24;1-2/h4,7-18,21,32H,1,3,5-6,31H2,2H3;1-2H3/b9-8+,28-27+,32-29?;. The average Bonchev–Trinajstić information content (AvgIpc) is 2.84. The summed E-state index contributed by atoms with van der Waals surface area (Å²) in [6.07, 6.45) is 11.1. The van der Waals surface area contributed by atoms with Crippen LogP contribution in [0.1, 0.15) is 67.9 Å². The van der Waals surface area contributed by atoms with Crippen LogP contribution in [-0.2, 0) is 0 Å². The molecule has 4 rings (SSSR count). The van der Waals surface area contributed by atoms with Gasteiger partial charge in [0.15, 0.2) is 0 Å². The molecule has 4 heteroatoms. The Morgan fingerprint density at radius 3 is 2.29 bits per heavy atom. The van der Waals surface area contributed by atoms with Gasteiger partial charge in [-0.05, 0) is 77.3 Å². The minimum Gasteiger partial charge on any atom is -0.398 e. The number of pyridine rings is 1. The molecule has 0 aliphatic heterocycles. The summed E-state index contributed by atoms with van der Waals surface area (Å²) < 4.78 is 14.0. The summed E-state index contributed by atoms with van der Waals surface area (Å²) in [5.41, 5.74) is 13.6. The number of hydrogen-bond acceptors (Lipinski definition) is 3. The molecular formula is C31H34FN3. The zero-order valence-electron chi connectivity index (χ0n) is 20.8. The molecule has 0 radical (unpaired) electrons. The number of allylic oxidation sites excluding steroid dienone is 3. The summed E-state index contributed by atoms with van der Waals surface area (Å²) in [5.74, 6) is -0.626. The van der Waals surface area contributed by atoms with Crippen LogP contribution in [-0.4, -0.2) is 10.9 Å². The molecule has 0 amide bonds. The summed E-state index contributed by atoms with van der Waals surface area (Å²) in [6, 6.07) is 17.7. The molecule has 0 atom stereocenters. The van der Waals surface area contributed by atoms with Gasteiger partial charge >= 0.3 is 0 Å². The number of nitrogen functional groups attached to an aromatic ring is 1. The predicted molar refractivity (Wildman–Crippen MR) is 148 cm³/mol. The van der Waals surface area contributed by atoms with Crippen LogP contribution in [0.15, 0.2) is 85.2 Å². The Morgan fingerprint density at radius 2 is 1.74 bits per heavy atom. The van der Waals surface area contributed by atoms with Crippen LogP contribution in [0.25, 0.3) is 17.2 Å². The zero-order valence-corrected chi connectivity index (χ0v) is 20.8. The van der Waals surface area contributed by atoms with Gasteiger partial charge in [-0.3, -0.25) is 10.4 Å². The van der Waals surface area contributed by atoms with E-state index in [1.165, 1.54) is 12.0 Å². The molecule has 35 heavy (non-hydrogen) atoms. The first-order valence-electron chi connectivity index (χ1n) is 12.2. The lowest BCUT2D eigenvalue weighted by atomic mass is 9.73. The van der Waals surface area contributed by atoms with Crippen LogP contribution < -0.4 is 5.73 Å². The predicted octanol–water partition coefficient (Wildman–Crippen LogP) is 8.33. The van der Waals surface area contributed by atoms with Crippen LogP contribution in [0.5, 0.6) is 0 Å². The minimum absolute atomic E-state index is 0.116. The molecule has 1 fully saturated rings. The molecule has 0 saturated heterocycles. The number of rotatable bonds is 7. The zero-order chi connectivity index (χ0) is 25.4. The van der Waals surface area contributed by atoms with E-state index in [-0.39, 0.29) is 11.3 Å². The highest BCUT2D eigenvalue weighted by Crippen LogP contribution is 2.45. The van der Waals surface area contributed by atoms with Crippen LogP contribution >= 0.6 is 0 Å². The van der Waals surface area contributed by atoms with E-state index in [1.54, 1.807) is 18.3 Å². The molecule has 3 N–H and O–H groups in total. The van der Waals surface area contributed by atoms with Gasteiger partial charge in [-0.2, -0.15) is 4.39 Å². The second-order valence-corrected chi connectivity index (χ2v) is 8.58. The number of aromatic nitrogens is 1. The fraction of sp³-hybridized carbons (Fsp3) is 0.226. The van der Waals surface area contributed by atoms with E-state index in [0.29, 0.717) is 5.92 Å². The average molecular weight is 468 g/mol. The Bertz CT molecular complexity index is 1230. The summed E-state index contributed by atoms with van der Waals surface area (Å²) in [7, 11) is 0. The third-order valence-corrected chi connectivity index (χ3v) is 6.09. The van der Waals surface area contributed by atoms with Crippen LogP contribution in [0.2, 0.25) is 0 Å². The summed E-state index contributed by atoms with van der Waals surface area (Å²) in [5, 5.41) is 7.54. The van der Waals surface area contributed by atoms with Gasteiger partial charge in [0, 0.05) is 18.1 Å². The highest BCUT2D eigenvalue weighted by Gasteiger charge is 2.27. The van der Waals surface area contributed by atoms with Crippen molar-refractivity contribution in [3.8, 4) is 0 Å². The maximum Gasteiger partial charge on any atom is 0.214 e. The van der Waals surface area contributed by atoms with Crippen molar-refractivity contribution in [3.63, 3.8) is 0 Å². The fourth-order valence-electron chi connectivity index (χ4n) is 4.18. The highest BCUT2D eigenvalue weighted by atomic mass is 19.1. The Morgan fingerprint density at radius 1 is 1.06 bits per heavy atom. The van der Waals surface area contributed by atoms with Gasteiger partial charge in [-0.1, -0.05) is 81.0 Å². The largest absolute Gasteiger partial charge is 0.398 e. The molecule has 1 aliphatic rings. The number of anilines is 1. The van der Waals surface area contributed by atoms with Crippen LogP contribution in [0.4, 0.5) is 10.1 Å². The van der Waals surface area contributed by atoms with Crippen molar-refractivity contribution in [3.05, 3.63) is 113 Å². The third kappa shape index (κ3) is 6.21. The lowest BCUT2D eigenvalue weighted by Gasteiger charge is -2.31. The highest BCUT2D eigenvalue weighted by molar-refractivity contribution is 6.02. The SMILES string of the molecule is C=C(C)/C=C/c1ccc(/C(=C(\c2cccnc2)C2CCC2)c2ccc(N)c(C(=N)F)c2)cc1.CC. The molecule has 1 aliphatic carbocycles. The van der Waals surface area contributed by atoms with Crippen molar-refractivity contribution < 1.29 is 4.39 Å². The van der Waals surface area contributed by atoms with Crippen molar-refractivity contribution in [2.45, 2.75) is 40.0 Å². The lowest BCUT2D eigenvalue weighted by molar-refractivity contribution is 0.401. The van der Waals surface area contributed by atoms with E-state index >= 15 is 0 Å². The maximum atomic E-state index is 14.0. The van der Waals surface area contributed by atoms with Gasteiger partial charge < -0.3 is 5.73 Å². The summed E-state index contributed by atoms with van der Waals surface area (Å²) in [4.78, 5) is 4.37. The summed E-state index contributed by atoms with van der Waals surface area (Å²) in [6.45, 7) is 9.88. The number of nitrogens with zero attached hydrogens (tertiary/aromatic N) is 1. The van der Waals surface area contributed by atoms with Crippen molar-refractivity contribution in [2.24, 2.45) is 5.92 Å². The molecule has 0 spiro atoms.